The third-order valence-corrected chi connectivity index (χ3v) is 21.4. The smallest absolute Gasteiger partial charge is 0.411 e. The molecule has 690 valence electrons. The Hall–Kier alpha value is -1.71. The van der Waals surface area contributed by atoms with Crippen molar-refractivity contribution in [2.45, 2.75) is 431 Å². The van der Waals surface area contributed by atoms with Crippen LogP contribution in [0.2, 0.25) is 58.2 Å². The molecule has 10 aliphatic heterocycles. The molecule has 10 saturated heterocycles. The Labute approximate surface area is 746 Å². The van der Waals surface area contributed by atoms with Crippen molar-refractivity contribution in [3.8, 4) is 0 Å². The van der Waals surface area contributed by atoms with Crippen molar-refractivity contribution in [3.63, 3.8) is 0 Å². The molecule has 6 unspecified atom stereocenters. The Morgan fingerprint density at radius 3 is 1.03 bits per heavy atom. The molecule has 0 aromatic heterocycles. The minimum atomic E-state index is -0.158. The van der Waals surface area contributed by atoms with Gasteiger partial charge in [0.2, 0.25) is 0 Å². The molecule has 0 spiro atoms. The molecule has 6 atom stereocenters. The van der Waals surface area contributed by atoms with Crippen LogP contribution >= 0.6 is 0 Å². The van der Waals surface area contributed by atoms with E-state index in [1.807, 2.05) is 12.1 Å². The molecule has 0 radical (unpaired) electrons. The average molecular weight is 1700 g/mol. The summed E-state index contributed by atoms with van der Waals surface area (Å²) >= 11 is 0. The molecule has 20 nitrogen and oxygen atoms in total. The van der Waals surface area contributed by atoms with Gasteiger partial charge in [-0.05, 0) is 197 Å². The Morgan fingerprint density at radius 2 is 0.669 bits per heavy atom. The summed E-state index contributed by atoms with van der Waals surface area (Å²) in [6.07, 6.45) is 10.9. The maximum absolute atomic E-state index is 6.16. The molecule has 2 aromatic rings. The lowest BCUT2D eigenvalue weighted by Crippen LogP contribution is -2.52. The molecule has 0 aliphatic carbocycles. The zero-order chi connectivity index (χ0) is 91.4. The van der Waals surface area contributed by atoms with Crippen LogP contribution in [0.4, 0.5) is 0 Å². The highest BCUT2D eigenvalue weighted by molar-refractivity contribution is 6.49. The van der Waals surface area contributed by atoms with Gasteiger partial charge in [0.05, 0.1) is 34.6 Å². The molecule has 0 amide bonds. The van der Waals surface area contributed by atoms with Crippen LogP contribution in [0.15, 0.2) is 60.7 Å². The van der Waals surface area contributed by atoms with E-state index in [9.17, 15) is 0 Å². The summed E-state index contributed by atoms with van der Waals surface area (Å²) in [5.41, 5.74) is 2.78. The number of hydrogen-bond donors (Lipinski definition) is 0. The van der Waals surface area contributed by atoms with E-state index in [2.05, 4.69) is 305 Å². The Balaban J connectivity index is 0.000000351. The zero-order valence-corrected chi connectivity index (χ0v) is 84.0. The Bertz CT molecular complexity index is 2850. The standard InChI is InChI=1S/C18H21BO2.2C10H21BO2.C9H19BO2.3C8H17BO2.2C7H15BO2.C6H13BO2/c1-14(2)19-20-17(15-9-5-3-6-10-15)13-18(21-19)16-11-7-4-8-12-16;1-8(2)11-12-9(3,4)7-10(5,6)13-11;1-5-6-10(4)7-12-11(9(2)3)13-8-10;1-7(2)10-11-8(3)6-9(4,5)12-10;1-7(2)9-10-5-8(3,4)6-11-9;1-7(2)9-10-6-5-8(3,4)11-9;1-6(2)9-10-7(3)5-8(4)11-9;1-6(2)8-9-4-7(3)5-10-8;1-6(2)8-9-5-4-7(3)10-8;1-6(2)7-8-4-3-5-9-7/h3-12,14,17-18H,13H2,1-2H3;8H,7H2,1-6H3;9H,5-8H2,1-4H3;7-8H,6H2,1-5H3;2*7H,5-6H2,1-4H3;6-8H,5H2,1-4H3;2*6-7H,4-5H2,1-3H3;6H,3-5H2,1-2H3. The van der Waals surface area contributed by atoms with Crippen LogP contribution in [0, 0.1) is 16.7 Å². The van der Waals surface area contributed by atoms with E-state index in [-0.39, 0.29) is 117 Å². The monoisotopic (exact) mass is 1700 g/mol. The minimum Gasteiger partial charge on any atom is -0.411 e. The van der Waals surface area contributed by atoms with Crippen molar-refractivity contribution in [2.24, 2.45) is 16.7 Å². The highest BCUT2D eigenvalue weighted by Crippen LogP contribution is 2.41. The molecule has 10 heterocycles. The van der Waals surface area contributed by atoms with Gasteiger partial charge in [0, 0.05) is 114 Å². The molecule has 10 aliphatic rings. The van der Waals surface area contributed by atoms with Gasteiger partial charge in [0.1, 0.15) is 0 Å². The van der Waals surface area contributed by atoms with Gasteiger partial charge in [-0.25, -0.2) is 0 Å². The molecule has 121 heavy (non-hydrogen) atoms. The normalized spacial score (nSPS) is 25.2. The van der Waals surface area contributed by atoms with Crippen molar-refractivity contribution >= 4 is 71.2 Å². The van der Waals surface area contributed by atoms with Crippen LogP contribution in [0.5, 0.6) is 0 Å². The summed E-state index contributed by atoms with van der Waals surface area (Å²) in [6, 6.07) is 20.9. The molecule has 12 rings (SSSR count). The van der Waals surface area contributed by atoms with Crippen molar-refractivity contribution < 1.29 is 93.1 Å². The van der Waals surface area contributed by atoms with Crippen molar-refractivity contribution in [3.05, 3.63) is 71.8 Å². The molecule has 0 saturated carbocycles. The van der Waals surface area contributed by atoms with Crippen LogP contribution < -0.4 is 0 Å². The Morgan fingerprint density at radius 1 is 0.322 bits per heavy atom. The topological polar surface area (TPSA) is 185 Å². The quantitative estimate of drug-likeness (QED) is 0.163. The molecule has 10 fully saturated rings. The van der Waals surface area contributed by atoms with E-state index < -0.39 is 0 Å². The summed E-state index contributed by atoms with van der Waals surface area (Å²) in [6.45, 7) is 87.2. The second-order valence-corrected chi connectivity index (χ2v) is 42.5. The first-order chi connectivity index (χ1) is 56.3. The highest BCUT2D eigenvalue weighted by atomic mass is 16.7. The lowest BCUT2D eigenvalue weighted by Gasteiger charge is -2.45. The van der Waals surface area contributed by atoms with Gasteiger partial charge in [-0.2, -0.15) is 0 Å². The van der Waals surface area contributed by atoms with Crippen molar-refractivity contribution in [2.75, 3.05) is 66.1 Å². The van der Waals surface area contributed by atoms with E-state index in [4.69, 9.17) is 93.1 Å². The van der Waals surface area contributed by atoms with Crippen molar-refractivity contribution in [1.82, 2.24) is 0 Å². The van der Waals surface area contributed by atoms with Gasteiger partial charge in [-0.3, -0.25) is 0 Å². The third kappa shape index (κ3) is 47.1. The number of benzene rings is 2. The summed E-state index contributed by atoms with van der Waals surface area (Å²) in [7, 11) is -0.0733. The predicted molar refractivity (Wildman–Crippen MR) is 510 cm³/mol. The first-order valence-corrected chi connectivity index (χ1v) is 47.2. The maximum Gasteiger partial charge on any atom is 0.460 e. The lowest BCUT2D eigenvalue weighted by molar-refractivity contribution is -0.0791. The fraction of sp³-hybridized carbons (Fsp3) is 0.868. The fourth-order valence-electron chi connectivity index (χ4n) is 14.8. The van der Waals surface area contributed by atoms with Gasteiger partial charge in [0.25, 0.3) is 0 Å². The molecule has 0 N–H and O–H groups in total. The molecular weight excluding hydrogens is 1520 g/mol. The first-order valence-electron chi connectivity index (χ1n) is 47.2. The molecule has 2 aromatic carbocycles. The van der Waals surface area contributed by atoms with Crippen LogP contribution in [0.1, 0.15) is 337 Å². The second-order valence-electron chi connectivity index (χ2n) is 42.5. The van der Waals surface area contributed by atoms with E-state index in [0.717, 1.165) is 111 Å². The average Bonchev–Trinajstić information content (AvgIpc) is 0.747. The van der Waals surface area contributed by atoms with Crippen molar-refractivity contribution in [1.29, 1.82) is 0 Å². The van der Waals surface area contributed by atoms with E-state index >= 15 is 0 Å². The van der Waals surface area contributed by atoms with Crippen LogP contribution in [0.3, 0.4) is 0 Å². The maximum atomic E-state index is 6.16. The van der Waals surface area contributed by atoms with E-state index in [1.165, 1.54) is 24.0 Å². The number of hydrogen-bond acceptors (Lipinski definition) is 20. The first kappa shape index (κ1) is 113. The Kier molecular flexibility index (Phi) is 52.6. The lowest BCUT2D eigenvalue weighted by atomic mass is 9.69. The largest absolute Gasteiger partial charge is 0.460 e. The molecule has 30 heteroatoms. The summed E-state index contributed by atoms with van der Waals surface area (Å²) < 4.78 is 113. The summed E-state index contributed by atoms with van der Waals surface area (Å²) in [4.78, 5) is 0. The third-order valence-electron chi connectivity index (χ3n) is 21.4. The molecule has 0 bridgehead atoms. The van der Waals surface area contributed by atoms with Crippen LogP contribution in [0.25, 0.3) is 0 Å². The van der Waals surface area contributed by atoms with Crippen LogP contribution in [-0.4, -0.2) is 184 Å². The molecular formula is C91H176B10O20. The van der Waals surface area contributed by atoms with Crippen LogP contribution in [-0.2, 0) is 93.1 Å². The zero-order valence-electron chi connectivity index (χ0n) is 84.0. The van der Waals surface area contributed by atoms with Gasteiger partial charge >= 0.3 is 71.2 Å². The van der Waals surface area contributed by atoms with E-state index in [1.54, 1.807) is 0 Å². The number of rotatable bonds is 14. The summed E-state index contributed by atoms with van der Waals surface area (Å²) in [5, 5.41) is 0. The van der Waals surface area contributed by atoms with Gasteiger partial charge in [-0.15, -0.1) is 0 Å². The minimum absolute atomic E-state index is 0.00116. The van der Waals surface area contributed by atoms with Gasteiger partial charge in [0.15, 0.2) is 0 Å². The van der Waals surface area contributed by atoms with E-state index in [0.29, 0.717) is 88.5 Å². The van der Waals surface area contributed by atoms with Gasteiger partial charge in [-0.1, -0.05) is 240 Å². The fourth-order valence-corrected chi connectivity index (χ4v) is 14.8. The predicted octanol–water partition coefficient (Wildman–Crippen LogP) is 23.7. The summed E-state index contributed by atoms with van der Waals surface area (Å²) in [5.74, 6) is 5.04. The van der Waals surface area contributed by atoms with Gasteiger partial charge < -0.3 is 93.1 Å². The highest BCUT2D eigenvalue weighted by Gasteiger charge is 2.46. The SMILES string of the molecule is CC(C)B1OC(C)(C)CC(C)(C)O1.CC(C)B1OC(c2ccccc2)CC(c2ccccc2)O1.CC(C)B1OCC(C)(C)CO1.CC(C)B1OCCC(C)(C)O1.CC(C)B1OCCCO1.CC1CC(C)(C)OB(C(C)C)O1.CC1CC(C)OB(C(C)C)O1.CC1CCOB(C(C)C)O1.CC1COB(C(C)C)OC1.CCCC1(C)COB(C(C)C)OC1. The second kappa shape index (κ2) is 56.1.